The quantitative estimate of drug-likeness (QED) is 0.860. The molecule has 0 spiro atoms. The van der Waals surface area contributed by atoms with E-state index in [9.17, 15) is 0 Å². The fraction of sp³-hybridized carbons (Fsp3) is 0.357. The third-order valence-electron chi connectivity index (χ3n) is 2.99. The van der Waals surface area contributed by atoms with Gasteiger partial charge in [0.15, 0.2) is 0 Å². The number of aryl methyl sites for hydroxylation is 1. The zero-order chi connectivity index (χ0) is 14.4. The number of hydrogen-bond acceptors (Lipinski definition) is 6. The summed E-state index contributed by atoms with van der Waals surface area (Å²) < 4.78 is 10.2. The van der Waals surface area contributed by atoms with Crippen LogP contribution in [0.15, 0.2) is 30.7 Å². The number of pyridine rings is 1. The molecule has 2 rings (SSSR count). The average Bonchev–Trinajstić information content (AvgIpc) is 2.52. The van der Waals surface area contributed by atoms with Gasteiger partial charge < -0.3 is 15.2 Å². The molecule has 0 bridgehead atoms. The Morgan fingerprint density at radius 3 is 2.60 bits per heavy atom. The Morgan fingerprint density at radius 2 is 1.95 bits per heavy atom. The van der Waals surface area contributed by atoms with Crippen molar-refractivity contribution in [1.82, 2.24) is 15.0 Å². The number of methoxy groups -OCH3 is 2. The molecule has 1 atom stereocenters. The van der Waals surface area contributed by atoms with Crippen LogP contribution in [-0.2, 0) is 6.42 Å². The fourth-order valence-corrected chi connectivity index (χ4v) is 1.88. The Kier molecular flexibility index (Phi) is 4.84. The van der Waals surface area contributed by atoms with Gasteiger partial charge >= 0.3 is 0 Å². The van der Waals surface area contributed by atoms with Gasteiger partial charge in [0.2, 0.25) is 11.8 Å². The maximum Gasteiger partial charge on any atom is 0.240 e. The van der Waals surface area contributed by atoms with Crippen LogP contribution in [0.3, 0.4) is 0 Å². The van der Waals surface area contributed by atoms with Gasteiger partial charge in [0.1, 0.15) is 5.69 Å². The van der Waals surface area contributed by atoms with E-state index in [1.807, 2.05) is 12.1 Å². The zero-order valence-electron chi connectivity index (χ0n) is 11.6. The second-order valence-corrected chi connectivity index (χ2v) is 4.31. The van der Waals surface area contributed by atoms with Crippen LogP contribution < -0.4 is 15.2 Å². The second kappa shape index (κ2) is 6.81. The summed E-state index contributed by atoms with van der Waals surface area (Å²) in [5, 5.41) is 0. The zero-order valence-corrected chi connectivity index (χ0v) is 11.6. The van der Waals surface area contributed by atoms with E-state index < -0.39 is 0 Å². The van der Waals surface area contributed by atoms with Crippen LogP contribution in [0.2, 0.25) is 0 Å². The molecule has 0 radical (unpaired) electrons. The first kappa shape index (κ1) is 14.2. The maximum absolute atomic E-state index is 6.17. The van der Waals surface area contributed by atoms with E-state index in [0.29, 0.717) is 17.5 Å². The minimum absolute atomic E-state index is 0.239. The number of hydrogen-bond donors (Lipinski definition) is 1. The molecule has 0 amide bonds. The molecule has 2 aromatic rings. The summed E-state index contributed by atoms with van der Waals surface area (Å²) in [4.78, 5) is 12.5. The summed E-state index contributed by atoms with van der Waals surface area (Å²) in [7, 11) is 3.08. The van der Waals surface area contributed by atoms with E-state index in [1.165, 1.54) is 12.7 Å². The van der Waals surface area contributed by atoms with E-state index in [1.54, 1.807) is 25.7 Å². The van der Waals surface area contributed by atoms with Gasteiger partial charge in [0, 0.05) is 12.4 Å². The largest absolute Gasteiger partial charge is 0.480 e. The smallest absolute Gasteiger partial charge is 0.240 e. The molecule has 0 aliphatic heterocycles. The molecular weight excluding hydrogens is 256 g/mol. The van der Waals surface area contributed by atoms with Gasteiger partial charge in [-0.25, -0.2) is 4.98 Å². The Bertz CT molecular complexity index is 548. The Morgan fingerprint density at radius 1 is 1.20 bits per heavy atom. The van der Waals surface area contributed by atoms with Crippen LogP contribution in [0.1, 0.15) is 23.7 Å². The molecule has 0 aliphatic rings. The molecule has 0 aromatic carbocycles. The van der Waals surface area contributed by atoms with Gasteiger partial charge in [-0.05, 0) is 30.5 Å². The molecule has 6 nitrogen and oxygen atoms in total. The molecule has 2 N–H and O–H groups in total. The van der Waals surface area contributed by atoms with Crippen molar-refractivity contribution in [2.75, 3.05) is 14.2 Å². The van der Waals surface area contributed by atoms with Crippen LogP contribution in [0.4, 0.5) is 0 Å². The molecule has 0 fully saturated rings. The summed E-state index contributed by atoms with van der Waals surface area (Å²) in [6.07, 6.45) is 6.69. The predicted octanol–water partition coefficient (Wildman–Crippen LogP) is 1.52. The van der Waals surface area contributed by atoms with Crippen LogP contribution in [-0.4, -0.2) is 29.2 Å². The highest BCUT2D eigenvalue weighted by atomic mass is 16.5. The van der Waals surface area contributed by atoms with E-state index >= 15 is 0 Å². The molecule has 1 unspecified atom stereocenters. The summed E-state index contributed by atoms with van der Waals surface area (Å²) in [5.74, 6) is 0.818. The Hall–Kier alpha value is -2.21. The Balaban J connectivity index is 2.07. The van der Waals surface area contributed by atoms with Crippen LogP contribution >= 0.6 is 0 Å². The first-order valence-corrected chi connectivity index (χ1v) is 6.34. The molecule has 20 heavy (non-hydrogen) atoms. The first-order chi connectivity index (χ1) is 9.74. The number of rotatable bonds is 6. The van der Waals surface area contributed by atoms with Crippen molar-refractivity contribution in [3.8, 4) is 11.8 Å². The van der Waals surface area contributed by atoms with Crippen molar-refractivity contribution in [3.05, 3.63) is 42.0 Å². The van der Waals surface area contributed by atoms with Gasteiger partial charge in [-0.1, -0.05) is 0 Å². The van der Waals surface area contributed by atoms with Gasteiger partial charge in [0.25, 0.3) is 0 Å². The van der Waals surface area contributed by atoms with Crippen LogP contribution in [0, 0.1) is 0 Å². The number of aromatic nitrogens is 3. The minimum Gasteiger partial charge on any atom is -0.480 e. The van der Waals surface area contributed by atoms with E-state index in [0.717, 1.165) is 12.8 Å². The van der Waals surface area contributed by atoms with Crippen molar-refractivity contribution in [2.24, 2.45) is 5.73 Å². The minimum atomic E-state index is -0.239. The lowest BCUT2D eigenvalue weighted by Crippen LogP contribution is -2.15. The lowest BCUT2D eigenvalue weighted by atomic mass is 10.0. The number of ether oxygens (including phenoxy) is 2. The topological polar surface area (TPSA) is 83.2 Å². The predicted molar refractivity (Wildman–Crippen MR) is 74.6 cm³/mol. The third kappa shape index (κ3) is 3.42. The first-order valence-electron chi connectivity index (χ1n) is 6.34. The van der Waals surface area contributed by atoms with Crippen molar-refractivity contribution in [3.63, 3.8) is 0 Å². The van der Waals surface area contributed by atoms with Crippen LogP contribution in [0.5, 0.6) is 11.8 Å². The molecule has 106 valence electrons. The highest BCUT2D eigenvalue weighted by Gasteiger charge is 2.16. The lowest BCUT2D eigenvalue weighted by molar-refractivity contribution is 0.352. The average molecular weight is 274 g/mol. The monoisotopic (exact) mass is 274 g/mol. The number of nitrogens with two attached hydrogens (primary N) is 1. The number of nitrogens with zero attached hydrogens (tertiary/aromatic N) is 3. The Labute approximate surface area is 118 Å². The maximum atomic E-state index is 6.17. The molecule has 0 saturated heterocycles. The van der Waals surface area contributed by atoms with Gasteiger partial charge in [-0.3, -0.25) is 4.98 Å². The highest BCUT2D eigenvalue weighted by Crippen LogP contribution is 2.24. The van der Waals surface area contributed by atoms with E-state index in [-0.39, 0.29) is 6.04 Å². The molecule has 0 aliphatic carbocycles. The van der Waals surface area contributed by atoms with Crippen molar-refractivity contribution >= 4 is 0 Å². The fourth-order valence-electron chi connectivity index (χ4n) is 1.88. The normalized spacial score (nSPS) is 11.9. The summed E-state index contributed by atoms with van der Waals surface area (Å²) in [6, 6.07) is 3.71. The lowest BCUT2D eigenvalue weighted by Gasteiger charge is -2.14. The standard InChI is InChI=1S/C14H18N4O2/c1-19-12-9-17-13(14(18-12)20-2)11(15)4-3-10-5-7-16-8-6-10/h5-9,11H,3-4,15H2,1-2H3. The third-order valence-corrected chi connectivity index (χ3v) is 2.99. The highest BCUT2D eigenvalue weighted by molar-refractivity contribution is 5.25. The van der Waals surface area contributed by atoms with Crippen molar-refractivity contribution in [2.45, 2.75) is 18.9 Å². The van der Waals surface area contributed by atoms with Gasteiger partial charge in [0.05, 0.1) is 26.5 Å². The molecular formula is C14H18N4O2. The van der Waals surface area contributed by atoms with E-state index in [4.69, 9.17) is 15.2 Å². The van der Waals surface area contributed by atoms with Gasteiger partial charge in [-0.2, -0.15) is 4.98 Å². The SMILES string of the molecule is COc1cnc(C(N)CCc2ccncc2)c(OC)n1. The van der Waals surface area contributed by atoms with Gasteiger partial charge in [-0.15, -0.1) is 0 Å². The summed E-state index contributed by atoms with van der Waals surface area (Å²) in [5.41, 5.74) is 8.00. The molecule has 0 saturated carbocycles. The molecule has 6 heteroatoms. The van der Waals surface area contributed by atoms with Crippen molar-refractivity contribution in [1.29, 1.82) is 0 Å². The van der Waals surface area contributed by atoms with Crippen LogP contribution in [0.25, 0.3) is 0 Å². The second-order valence-electron chi connectivity index (χ2n) is 4.31. The summed E-state index contributed by atoms with van der Waals surface area (Å²) >= 11 is 0. The van der Waals surface area contributed by atoms with Crippen molar-refractivity contribution < 1.29 is 9.47 Å². The molecule has 2 aromatic heterocycles. The summed E-state index contributed by atoms with van der Waals surface area (Å²) in [6.45, 7) is 0. The van der Waals surface area contributed by atoms with E-state index in [2.05, 4.69) is 15.0 Å². The molecule has 2 heterocycles.